The summed E-state index contributed by atoms with van der Waals surface area (Å²) in [6.07, 6.45) is 1.73. The lowest BCUT2D eigenvalue weighted by molar-refractivity contribution is 0.101. The van der Waals surface area contributed by atoms with E-state index in [1.807, 2.05) is 30.3 Å². The highest BCUT2D eigenvalue weighted by Gasteiger charge is 2.27. The van der Waals surface area contributed by atoms with E-state index in [1.54, 1.807) is 25.3 Å². The van der Waals surface area contributed by atoms with Crippen LogP contribution in [-0.4, -0.2) is 12.9 Å². The molecule has 0 N–H and O–H groups in total. The quantitative estimate of drug-likeness (QED) is 0.778. The summed E-state index contributed by atoms with van der Waals surface area (Å²) in [5, 5.41) is 0. The largest absolute Gasteiger partial charge is 0.497 e. The van der Waals surface area contributed by atoms with Crippen LogP contribution in [0.5, 0.6) is 11.5 Å². The summed E-state index contributed by atoms with van der Waals surface area (Å²) < 4.78 is 11.6. The second kappa shape index (κ2) is 5.13. The Labute approximate surface area is 125 Å². The van der Waals surface area contributed by atoms with Crippen molar-refractivity contribution < 1.29 is 14.3 Å². The number of Topliss-reactive ketones (excluding diaryl/α,β-unsaturated/α-hetero) is 1. The van der Waals surface area contributed by atoms with Gasteiger partial charge in [0, 0.05) is 4.47 Å². The molecule has 3 rings (SSSR count). The maximum Gasteiger partial charge on any atom is 0.232 e. The molecule has 1 heterocycles. The molecule has 0 unspecified atom stereocenters. The standard InChI is InChI=1S/C16H11BrO3/c1-19-12-5-2-10(3-6-12)8-15-16(18)13-9-11(17)4-7-14(13)20-15/h2-9H,1H3. The molecule has 0 saturated carbocycles. The van der Waals surface area contributed by atoms with Gasteiger partial charge < -0.3 is 9.47 Å². The van der Waals surface area contributed by atoms with Crippen LogP contribution in [0.2, 0.25) is 0 Å². The molecule has 0 fully saturated rings. The van der Waals surface area contributed by atoms with Crippen molar-refractivity contribution in [1.82, 2.24) is 0 Å². The number of methoxy groups -OCH3 is 1. The molecule has 4 heteroatoms. The zero-order chi connectivity index (χ0) is 14.1. The van der Waals surface area contributed by atoms with Crippen LogP contribution in [0.25, 0.3) is 6.08 Å². The van der Waals surface area contributed by atoms with E-state index in [2.05, 4.69) is 15.9 Å². The van der Waals surface area contributed by atoms with Crippen LogP contribution in [0.4, 0.5) is 0 Å². The van der Waals surface area contributed by atoms with Crippen LogP contribution >= 0.6 is 15.9 Å². The van der Waals surface area contributed by atoms with Gasteiger partial charge in [-0.15, -0.1) is 0 Å². The lowest BCUT2D eigenvalue weighted by Gasteiger charge is -2.01. The Morgan fingerprint density at radius 3 is 2.60 bits per heavy atom. The van der Waals surface area contributed by atoms with Gasteiger partial charge in [-0.25, -0.2) is 0 Å². The summed E-state index contributed by atoms with van der Waals surface area (Å²) in [6, 6.07) is 12.8. The molecule has 0 bridgehead atoms. The maximum absolute atomic E-state index is 12.2. The summed E-state index contributed by atoms with van der Waals surface area (Å²) in [5.41, 5.74) is 1.47. The molecule has 1 aliphatic rings. The van der Waals surface area contributed by atoms with E-state index in [0.717, 1.165) is 15.8 Å². The maximum atomic E-state index is 12.2. The number of carbonyl (C=O) groups is 1. The van der Waals surface area contributed by atoms with Gasteiger partial charge in [-0.05, 0) is 42.0 Å². The molecule has 0 spiro atoms. The van der Waals surface area contributed by atoms with Crippen LogP contribution in [0, 0.1) is 0 Å². The van der Waals surface area contributed by atoms with Gasteiger partial charge in [-0.3, -0.25) is 4.79 Å². The van der Waals surface area contributed by atoms with E-state index in [-0.39, 0.29) is 5.78 Å². The lowest BCUT2D eigenvalue weighted by atomic mass is 10.1. The first-order chi connectivity index (χ1) is 9.67. The Balaban J connectivity index is 1.92. The molecule has 0 aromatic heterocycles. The second-order valence-electron chi connectivity index (χ2n) is 4.35. The molecule has 0 atom stereocenters. The number of hydrogen-bond donors (Lipinski definition) is 0. The molecule has 0 radical (unpaired) electrons. The summed E-state index contributed by atoms with van der Waals surface area (Å²) in [4.78, 5) is 12.2. The minimum atomic E-state index is -0.0999. The summed E-state index contributed by atoms with van der Waals surface area (Å²) in [6.45, 7) is 0. The summed E-state index contributed by atoms with van der Waals surface area (Å²) >= 11 is 3.35. The Morgan fingerprint density at radius 2 is 1.90 bits per heavy atom. The van der Waals surface area contributed by atoms with E-state index in [4.69, 9.17) is 9.47 Å². The lowest BCUT2D eigenvalue weighted by Crippen LogP contribution is -1.98. The molecular formula is C16H11BrO3. The zero-order valence-corrected chi connectivity index (χ0v) is 12.3. The number of carbonyl (C=O) groups excluding carboxylic acids is 1. The third kappa shape index (κ3) is 2.34. The topological polar surface area (TPSA) is 35.5 Å². The van der Waals surface area contributed by atoms with E-state index < -0.39 is 0 Å². The molecule has 100 valence electrons. The van der Waals surface area contributed by atoms with Crippen LogP contribution in [0.1, 0.15) is 15.9 Å². The number of benzene rings is 2. The van der Waals surface area contributed by atoms with Crippen molar-refractivity contribution in [3.05, 3.63) is 63.8 Å². The fourth-order valence-electron chi connectivity index (χ4n) is 2.01. The number of halogens is 1. The first-order valence-corrected chi connectivity index (χ1v) is 6.84. The van der Waals surface area contributed by atoms with Crippen molar-refractivity contribution in [1.29, 1.82) is 0 Å². The molecule has 2 aromatic rings. The summed E-state index contributed by atoms with van der Waals surface area (Å²) in [5.74, 6) is 1.61. The molecule has 3 nitrogen and oxygen atoms in total. The highest BCUT2D eigenvalue weighted by atomic mass is 79.9. The van der Waals surface area contributed by atoms with E-state index in [9.17, 15) is 4.79 Å². The second-order valence-corrected chi connectivity index (χ2v) is 5.27. The van der Waals surface area contributed by atoms with Crippen molar-refractivity contribution in [3.8, 4) is 11.5 Å². The number of ketones is 1. The fraction of sp³-hybridized carbons (Fsp3) is 0.0625. The third-order valence-corrected chi connectivity index (χ3v) is 3.54. The molecule has 0 saturated heterocycles. The van der Waals surface area contributed by atoms with Crippen molar-refractivity contribution in [3.63, 3.8) is 0 Å². The Morgan fingerprint density at radius 1 is 1.15 bits per heavy atom. The van der Waals surface area contributed by atoms with E-state index in [1.165, 1.54) is 0 Å². The average molecular weight is 331 g/mol. The van der Waals surface area contributed by atoms with E-state index in [0.29, 0.717) is 17.1 Å². The van der Waals surface area contributed by atoms with Gasteiger partial charge in [-0.2, -0.15) is 0 Å². The number of ether oxygens (including phenoxy) is 2. The van der Waals surface area contributed by atoms with Gasteiger partial charge in [0.1, 0.15) is 11.5 Å². The van der Waals surface area contributed by atoms with Crippen molar-refractivity contribution in [2.45, 2.75) is 0 Å². The first-order valence-electron chi connectivity index (χ1n) is 6.05. The van der Waals surface area contributed by atoms with Crippen LogP contribution < -0.4 is 9.47 Å². The van der Waals surface area contributed by atoms with Gasteiger partial charge in [-0.1, -0.05) is 28.1 Å². The van der Waals surface area contributed by atoms with Crippen LogP contribution in [-0.2, 0) is 0 Å². The molecule has 1 aliphatic heterocycles. The molecule has 2 aromatic carbocycles. The highest BCUT2D eigenvalue weighted by Crippen LogP contribution is 2.33. The minimum absolute atomic E-state index is 0.0999. The predicted octanol–water partition coefficient (Wildman–Crippen LogP) is 4.07. The monoisotopic (exact) mass is 330 g/mol. The van der Waals surface area contributed by atoms with Gasteiger partial charge in [0.05, 0.1) is 12.7 Å². The Bertz CT molecular complexity index is 702. The Kier molecular flexibility index (Phi) is 3.32. The van der Waals surface area contributed by atoms with Crippen LogP contribution in [0.3, 0.4) is 0 Å². The minimum Gasteiger partial charge on any atom is -0.497 e. The normalized spacial score (nSPS) is 15.1. The average Bonchev–Trinajstić information content (AvgIpc) is 2.76. The molecule has 20 heavy (non-hydrogen) atoms. The summed E-state index contributed by atoms with van der Waals surface area (Å²) in [7, 11) is 1.62. The zero-order valence-electron chi connectivity index (χ0n) is 10.7. The molecular weight excluding hydrogens is 320 g/mol. The van der Waals surface area contributed by atoms with Crippen molar-refractivity contribution in [2.24, 2.45) is 0 Å². The number of allylic oxidation sites excluding steroid dienone is 1. The van der Waals surface area contributed by atoms with Gasteiger partial charge >= 0.3 is 0 Å². The van der Waals surface area contributed by atoms with Crippen LogP contribution in [0.15, 0.2) is 52.7 Å². The number of fused-ring (bicyclic) bond motifs is 1. The first kappa shape index (κ1) is 12.9. The van der Waals surface area contributed by atoms with Gasteiger partial charge in [0.2, 0.25) is 5.78 Å². The number of hydrogen-bond acceptors (Lipinski definition) is 3. The Hall–Kier alpha value is -2.07. The predicted molar refractivity (Wildman–Crippen MR) is 80.1 cm³/mol. The smallest absolute Gasteiger partial charge is 0.232 e. The third-order valence-electron chi connectivity index (χ3n) is 3.04. The van der Waals surface area contributed by atoms with Crippen molar-refractivity contribution >= 4 is 27.8 Å². The SMILES string of the molecule is COc1ccc(C=C2Oc3ccc(Br)cc3C2=O)cc1. The van der Waals surface area contributed by atoms with E-state index >= 15 is 0 Å². The number of rotatable bonds is 2. The van der Waals surface area contributed by atoms with Gasteiger partial charge in [0.25, 0.3) is 0 Å². The van der Waals surface area contributed by atoms with Crippen molar-refractivity contribution in [2.75, 3.05) is 7.11 Å². The highest BCUT2D eigenvalue weighted by molar-refractivity contribution is 9.10. The molecule has 0 amide bonds. The fourth-order valence-corrected chi connectivity index (χ4v) is 2.37. The molecule has 0 aliphatic carbocycles. The van der Waals surface area contributed by atoms with Gasteiger partial charge in [0.15, 0.2) is 5.76 Å².